The number of nitrogens with zero attached hydrogens (tertiary/aromatic N) is 3. The van der Waals surface area contributed by atoms with Crippen LogP contribution >= 0.6 is 0 Å². The summed E-state index contributed by atoms with van der Waals surface area (Å²) in [5.41, 5.74) is -0.892. The first-order chi connectivity index (χ1) is 14.9. The van der Waals surface area contributed by atoms with Gasteiger partial charge in [-0.05, 0) is 38.0 Å². The first-order valence-electron chi connectivity index (χ1n) is 12.1. The predicted molar refractivity (Wildman–Crippen MR) is 115 cm³/mol. The molecule has 1 N–H and O–H groups in total. The third kappa shape index (κ3) is 4.44. The maximum absolute atomic E-state index is 13.3. The van der Waals surface area contributed by atoms with Crippen LogP contribution in [0.1, 0.15) is 77.6 Å². The Morgan fingerprint density at radius 1 is 0.968 bits per heavy atom. The van der Waals surface area contributed by atoms with E-state index >= 15 is 0 Å². The van der Waals surface area contributed by atoms with Crippen molar-refractivity contribution in [1.29, 1.82) is 0 Å². The Bertz CT molecular complexity index is 725. The lowest BCUT2D eigenvalue weighted by Gasteiger charge is -2.39. The Morgan fingerprint density at radius 2 is 1.68 bits per heavy atom. The highest BCUT2D eigenvalue weighted by Crippen LogP contribution is 2.33. The summed E-state index contributed by atoms with van der Waals surface area (Å²) < 4.78 is 0. The highest BCUT2D eigenvalue weighted by atomic mass is 16.2. The standard InChI is InChI=1S/C23H36N4O4/c1-2-19(28)25-14-11-23(12-15-25)21(30)27(22(31)24-23)18-8-5-13-26(16-18)20(29)10-9-17-6-3-4-7-17/h17-18H,2-16H2,1H3,(H,24,31)/t18-/m1/s1. The van der Waals surface area contributed by atoms with Gasteiger partial charge in [0.1, 0.15) is 5.54 Å². The molecule has 4 fully saturated rings. The van der Waals surface area contributed by atoms with Crippen LogP contribution in [0.3, 0.4) is 0 Å². The second-order valence-corrected chi connectivity index (χ2v) is 9.75. The Balaban J connectivity index is 1.35. The summed E-state index contributed by atoms with van der Waals surface area (Å²) in [6.45, 7) is 3.97. The quantitative estimate of drug-likeness (QED) is 0.675. The van der Waals surface area contributed by atoms with Crippen molar-refractivity contribution in [2.24, 2.45) is 5.92 Å². The summed E-state index contributed by atoms with van der Waals surface area (Å²) in [5, 5.41) is 2.95. The molecule has 0 radical (unpaired) electrons. The van der Waals surface area contributed by atoms with Crippen molar-refractivity contribution in [3.63, 3.8) is 0 Å². The van der Waals surface area contributed by atoms with Gasteiger partial charge in [0.2, 0.25) is 11.8 Å². The maximum Gasteiger partial charge on any atom is 0.325 e. The fraction of sp³-hybridized carbons (Fsp3) is 0.826. The number of urea groups is 1. The molecule has 1 atom stereocenters. The second kappa shape index (κ2) is 9.17. The van der Waals surface area contributed by atoms with Crippen molar-refractivity contribution in [2.75, 3.05) is 26.2 Å². The van der Waals surface area contributed by atoms with Crippen molar-refractivity contribution in [3.8, 4) is 0 Å². The van der Waals surface area contributed by atoms with Gasteiger partial charge < -0.3 is 15.1 Å². The summed E-state index contributed by atoms with van der Waals surface area (Å²) >= 11 is 0. The molecular formula is C23H36N4O4. The average molecular weight is 433 g/mol. The number of rotatable bonds is 5. The second-order valence-electron chi connectivity index (χ2n) is 9.75. The van der Waals surface area contributed by atoms with Gasteiger partial charge >= 0.3 is 6.03 Å². The zero-order chi connectivity index (χ0) is 22.0. The molecule has 8 nitrogen and oxygen atoms in total. The minimum absolute atomic E-state index is 0.0857. The smallest absolute Gasteiger partial charge is 0.325 e. The van der Waals surface area contributed by atoms with Crippen LogP contribution < -0.4 is 5.32 Å². The number of nitrogens with one attached hydrogen (secondary N) is 1. The van der Waals surface area contributed by atoms with E-state index in [9.17, 15) is 19.2 Å². The van der Waals surface area contributed by atoms with Crippen molar-refractivity contribution < 1.29 is 19.2 Å². The largest absolute Gasteiger partial charge is 0.343 e. The number of carbonyl (C=O) groups is 4. The Labute approximate surface area is 184 Å². The number of imide groups is 1. The van der Waals surface area contributed by atoms with Gasteiger partial charge in [0.15, 0.2) is 0 Å². The van der Waals surface area contributed by atoms with E-state index in [1.807, 2.05) is 11.8 Å². The lowest BCUT2D eigenvalue weighted by molar-refractivity contribution is -0.141. The van der Waals surface area contributed by atoms with Gasteiger partial charge in [-0.1, -0.05) is 32.6 Å². The molecule has 8 heteroatoms. The highest BCUT2D eigenvalue weighted by molar-refractivity contribution is 6.07. The first-order valence-corrected chi connectivity index (χ1v) is 12.1. The molecule has 3 heterocycles. The Hall–Kier alpha value is -2.12. The van der Waals surface area contributed by atoms with E-state index < -0.39 is 5.54 Å². The van der Waals surface area contributed by atoms with Crippen LogP contribution in [0.2, 0.25) is 0 Å². The lowest BCUT2D eigenvalue weighted by atomic mass is 9.87. The van der Waals surface area contributed by atoms with E-state index in [-0.39, 0.29) is 29.8 Å². The molecule has 1 spiro atoms. The van der Waals surface area contributed by atoms with E-state index in [0.717, 1.165) is 19.3 Å². The molecule has 31 heavy (non-hydrogen) atoms. The monoisotopic (exact) mass is 432 g/mol. The van der Waals surface area contributed by atoms with Crippen LogP contribution in [0, 0.1) is 5.92 Å². The minimum Gasteiger partial charge on any atom is -0.343 e. The molecule has 0 aromatic carbocycles. The topological polar surface area (TPSA) is 90.0 Å². The molecule has 4 rings (SSSR count). The fourth-order valence-corrected chi connectivity index (χ4v) is 5.85. The van der Waals surface area contributed by atoms with Gasteiger partial charge in [-0.2, -0.15) is 0 Å². The van der Waals surface area contributed by atoms with E-state index in [4.69, 9.17) is 0 Å². The molecule has 3 aliphatic heterocycles. The summed E-state index contributed by atoms with van der Waals surface area (Å²) in [5.74, 6) is 0.749. The Kier molecular flexibility index (Phi) is 6.53. The predicted octanol–water partition coefficient (Wildman–Crippen LogP) is 2.27. The molecule has 4 aliphatic rings. The average Bonchev–Trinajstić information content (AvgIpc) is 3.38. The molecule has 0 aromatic heterocycles. The zero-order valence-corrected chi connectivity index (χ0v) is 18.7. The van der Waals surface area contributed by atoms with E-state index in [0.29, 0.717) is 57.8 Å². The summed E-state index contributed by atoms with van der Waals surface area (Å²) in [6, 6.07) is -0.600. The van der Waals surface area contributed by atoms with Crippen molar-refractivity contribution in [2.45, 2.75) is 89.1 Å². The zero-order valence-electron chi connectivity index (χ0n) is 18.7. The van der Waals surface area contributed by atoms with Crippen LogP contribution in [0.5, 0.6) is 0 Å². The van der Waals surface area contributed by atoms with Gasteiger partial charge in [0.25, 0.3) is 5.91 Å². The summed E-state index contributed by atoms with van der Waals surface area (Å²) in [7, 11) is 0. The van der Waals surface area contributed by atoms with Gasteiger partial charge in [0.05, 0.1) is 6.04 Å². The first kappa shape index (κ1) is 22.1. The van der Waals surface area contributed by atoms with Gasteiger partial charge in [-0.15, -0.1) is 0 Å². The number of hydrogen-bond acceptors (Lipinski definition) is 4. The van der Waals surface area contributed by atoms with Crippen LogP contribution in [0.15, 0.2) is 0 Å². The molecule has 0 bridgehead atoms. The number of hydrogen-bond donors (Lipinski definition) is 1. The number of carbonyl (C=O) groups excluding carboxylic acids is 4. The van der Waals surface area contributed by atoms with Crippen molar-refractivity contribution in [3.05, 3.63) is 0 Å². The normalized spacial score (nSPS) is 26.6. The highest BCUT2D eigenvalue weighted by Gasteiger charge is 2.54. The molecular weight excluding hydrogens is 396 g/mol. The molecule has 5 amide bonds. The van der Waals surface area contributed by atoms with Crippen molar-refractivity contribution >= 4 is 23.8 Å². The molecule has 172 valence electrons. The number of piperidine rings is 2. The molecule has 1 saturated carbocycles. The third-order valence-corrected chi connectivity index (χ3v) is 7.82. The molecule has 1 aliphatic carbocycles. The van der Waals surface area contributed by atoms with Crippen LogP contribution in [-0.4, -0.2) is 76.2 Å². The maximum atomic E-state index is 13.3. The van der Waals surface area contributed by atoms with Gasteiger partial charge in [-0.25, -0.2) is 4.79 Å². The van der Waals surface area contributed by atoms with Gasteiger partial charge in [0, 0.05) is 39.0 Å². The molecule has 3 saturated heterocycles. The lowest BCUT2D eigenvalue weighted by Crippen LogP contribution is -2.57. The number of likely N-dealkylation sites (tertiary alicyclic amines) is 2. The van der Waals surface area contributed by atoms with Crippen LogP contribution in [0.25, 0.3) is 0 Å². The van der Waals surface area contributed by atoms with E-state index in [1.54, 1.807) is 4.90 Å². The minimum atomic E-state index is -0.892. The van der Waals surface area contributed by atoms with Crippen molar-refractivity contribution in [1.82, 2.24) is 20.0 Å². The summed E-state index contributed by atoms with van der Waals surface area (Å²) in [6.07, 6.45) is 9.47. The fourth-order valence-electron chi connectivity index (χ4n) is 5.85. The number of amides is 5. The van der Waals surface area contributed by atoms with E-state index in [1.165, 1.54) is 30.6 Å². The summed E-state index contributed by atoms with van der Waals surface area (Å²) in [4.78, 5) is 55.9. The molecule has 0 aromatic rings. The molecule has 0 unspecified atom stereocenters. The van der Waals surface area contributed by atoms with Gasteiger partial charge in [-0.3, -0.25) is 19.3 Å². The van der Waals surface area contributed by atoms with Crippen LogP contribution in [-0.2, 0) is 14.4 Å². The van der Waals surface area contributed by atoms with Crippen LogP contribution in [0.4, 0.5) is 4.79 Å². The van der Waals surface area contributed by atoms with E-state index in [2.05, 4.69) is 5.32 Å². The Morgan fingerprint density at radius 3 is 2.35 bits per heavy atom. The SMILES string of the molecule is CCC(=O)N1CCC2(CC1)NC(=O)N([C@@H]1CCCN(C(=O)CCC3CCCC3)C1)C2=O. The third-order valence-electron chi connectivity index (χ3n) is 7.82.